The quantitative estimate of drug-likeness (QED) is 0.799. The normalized spacial score (nSPS) is 10.5. The summed E-state index contributed by atoms with van der Waals surface area (Å²) in [5.41, 5.74) is 0.657. The predicted molar refractivity (Wildman–Crippen MR) is 81.6 cm³/mol. The van der Waals surface area contributed by atoms with Crippen molar-refractivity contribution in [1.82, 2.24) is 0 Å². The van der Waals surface area contributed by atoms with Crippen LogP contribution in [0.4, 0.5) is 16.2 Å². The Labute approximate surface area is 127 Å². The topological polar surface area (TPSA) is 125 Å². The third-order valence-electron chi connectivity index (χ3n) is 2.74. The summed E-state index contributed by atoms with van der Waals surface area (Å²) in [5.74, 6) is 0. The molecule has 2 amide bonds. The van der Waals surface area contributed by atoms with Crippen molar-refractivity contribution in [2.24, 2.45) is 5.14 Å². The lowest BCUT2D eigenvalue weighted by Crippen LogP contribution is -2.22. The molecule has 0 aromatic heterocycles. The summed E-state index contributed by atoms with van der Waals surface area (Å²) in [6.45, 7) is 0. The standard InChI is InChI=1S/C14H12N4O3S/c15-9-10-5-1-2-6-11(10)17-14(19)18-12-7-3-4-8-13(12)22(16,20)21/h1-8H,(H2,16,20,21)(H2,17,18,19). The molecule has 0 saturated heterocycles. The number of hydrogen-bond acceptors (Lipinski definition) is 4. The van der Waals surface area contributed by atoms with Gasteiger partial charge in [0.1, 0.15) is 11.0 Å². The maximum absolute atomic E-state index is 12.0. The number of anilines is 2. The Morgan fingerprint density at radius 1 is 1.00 bits per heavy atom. The van der Waals surface area contributed by atoms with Crippen LogP contribution in [0, 0.1) is 11.3 Å². The Kier molecular flexibility index (Phi) is 4.41. The molecule has 0 spiro atoms. The summed E-state index contributed by atoms with van der Waals surface area (Å²) in [5, 5.41) is 18.9. The Morgan fingerprint density at radius 2 is 1.55 bits per heavy atom. The van der Waals surface area contributed by atoms with Gasteiger partial charge < -0.3 is 10.6 Å². The molecule has 112 valence electrons. The van der Waals surface area contributed by atoms with E-state index in [1.807, 2.05) is 6.07 Å². The fourth-order valence-electron chi connectivity index (χ4n) is 1.78. The number of carbonyl (C=O) groups is 1. The Hall–Kier alpha value is -2.89. The molecule has 0 fully saturated rings. The van der Waals surface area contributed by atoms with E-state index in [2.05, 4.69) is 10.6 Å². The largest absolute Gasteiger partial charge is 0.323 e. The van der Waals surface area contributed by atoms with Crippen LogP contribution in [0.25, 0.3) is 0 Å². The maximum Gasteiger partial charge on any atom is 0.323 e. The molecule has 0 bridgehead atoms. The van der Waals surface area contributed by atoms with Gasteiger partial charge in [-0.05, 0) is 24.3 Å². The van der Waals surface area contributed by atoms with Crippen LogP contribution in [0.5, 0.6) is 0 Å². The average molecular weight is 316 g/mol. The van der Waals surface area contributed by atoms with Crippen LogP contribution in [0.1, 0.15) is 5.56 Å². The lowest BCUT2D eigenvalue weighted by Gasteiger charge is -2.11. The van der Waals surface area contributed by atoms with Crippen LogP contribution in [-0.4, -0.2) is 14.4 Å². The molecule has 0 aliphatic heterocycles. The number of nitrogens with one attached hydrogen (secondary N) is 2. The number of nitriles is 1. The number of nitrogens with two attached hydrogens (primary N) is 1. The lowest BCUT2D eigenvalue weighted by molar-refractivity contribution is 0.262. The van der Waals surface area contributed by atoms with Crippen LogP contribution in [-0.2, 0) is 10.0 Å². The van der Waals surface area contributed by atoms with Crippen molar-refractivity contribution in [2.45, 2.75) is 4.90 Å². The van der Waals surface area contributed by atoms with E-state index in [-0.39, 0.29) is 16.1 Å². The van der Waals surface area contributed by atoms with E-state index in [4.69, 9.17) is 10.4 Å². The summed E-state index contributed by atoms with van der Waals surface area (Å²) in [7, 11) is -3.96. The van der Waals surface area contributed by atoms with Crippen molar-refractivity contribution in [3.8, 4) is 6.07 Å². The fraction of sp³-hybridized carbons (Fsp3) is 0. The molecule has 0 atom stereocenters. The number of hydrogen-bond donors (Lipinski definition) is 3. The number of urea groups is 1. The van der Waals surface area contributed by atoms with Crippen LogP contribution < -0.4 is 15.8 Å². The van der Waals surface area contributed by atoms with Crippen molar-refractivity contribution in [3.05, 3.63) is 54.1 Å². The second-order valence-electron chi connectivity index (χ2n) is 4.28. The van der Waals surface area contributed by atoms with Gasteiger partial charge in [0.05, 0.1) is 16.9 Å². The summed E-state index contributed by atoms with van der Waals surface area (Å²) in [6.07, 6.45) is 0. The van der Waals surface area contributed by atoms with E-state index >= 15 is 0 Å². The number of benzene rings is 2. The molecule has 0 heterocycles. The molecule has 8 heteroatoms. The third kappa shape index (κ3) is 3.60. The molecule has 2 aromatic carbocycles. The zero-order chi connectivity index (χ0) is 16.2. The van der Waals surface area contributed by atoms with E-state index in [1.54, 1.807) is 30.3 Å². The van der Waals surface area contributed by atoms with E-state index in [9.17, 15) is 13.2 Å². The number of primary sulfonamides is 1. The number of amides is 2. The highest BCUT2D eigenvalue weighted by Gasteiger charge is 2.15. The maximum atomic E-state index is 12.0. The zero-order valence-corrected chi connectivity index (χ0v) is 12.1. The highest BCUT2D eigenvalue weighted by Crippen LogP contribution is 2.20. The third-order valence-corrected chi connectivity index (χ3v) is 3.71. The molecule has 0 aliphatic carbocycles. The first-order chi connectivity index (χ1) is 10.4. The fourth-order valence-corrected chi connectivity index (χ4v) is 2.48. The lowest BCUT2D eigenvalue weighted by atomic mass is 10.2. The van der Waals surface area contributed by atoms with Gasteiger partial charge in [0.15, 0.2) is 0 Å². The molecule has 7 nitrogen and oxygen atoms in total. The van der Waals surface area contributed by atoms with Gasteiger partial charge >= 0.3 is 6.03 Å². The second-order valence-corrected chi connectivity index (χ2v) is 5.81. The second kappa shape index (κ2) is 6.26. The number of para-hydroxylation sites is 2. The Balaban J connectivity index is 2.23. The minimum Gasteiger partial charge on any atom is -0.306 e. The van der Waals surface area contributed by atoms with Gasteiger partial charge in [-0.3, -0.25) is 0 Å². The molecule has 0 unspecified atom stereocenters. The zero-order valence-electron chi connectivity index (χ0n) is 11.3. The van der Waals surface area contributed by atoms with Crippen LogP contribution in [0.2, 0.25) is 0 Å². The first-order valence-corrected chi connectivity index (χ1v) is 7.65. The van der Waals surface area contributed by atoms with E-state index < -0.39 is 16.1 Å². The summed E-state index contributed by atoms with van der Waals surface area (Å²) in [4.78, 5) is 11.8. The molecular weight excluding hydrogens is 304 g/mol. The summed E-state index contributed by atoms with van der Waals surface area (Å²) >= 11 is 0. The molecule has 2 rings (SSSR count). The number of sulfonamides is 1. The minimum absolute atomic E-state index is 0.0527. The highest BCUT2D eigenvalue weighted by atomic mass is 32.2. The van der Waals surface area contributed by atoms with Crippen LogP contribution in [0.3, 0.4) is 0 Å². The number of rotatable bonds is 3. The van der Waals surface area contributed by atoms with Crippen molar-refractivity contribution in [1.29, 1.82) is 5.26 Å². The Morgan fingerprint density at radius 3 is 2.18 bits per heavy atom. The SMILES string of the molecule is N#Cc1ccccc1NC(=O)Nc1ccccc1S(N)(=O)=O. The van der Waals surface area contributed by atoms with E-state index in [0.717, 1.165) is 0 Å². The van der Waals surface area contributed by atoms with Gasteiger partial charge in [0.2, 0.25) is 10.0 Å². The first-order valence-electron chi connectivity index (χ1n) is 6.11. The molecule has 0 radical (unpaired) electrons. The van der Waals surface area contributed by atoms with Crippen molar-refractivity contribution < 1.29 is 13.2 Å². The Bertz CT molecular complexity index is 856. The summed E-state index contributed by atoms with van der Waals surface area (Å²) < 4.78 is 22.9. The van der Waals surface area contributed by atoms with Gasteiger partial charge in [-0.25, -0.2) is 18.4 Å². The van der Waals surface area contributed by atoms with Crippen molar-refractivity contribution in [2.75, 3.05) is 10.6 Å². The molecule has 0 saturated carbocycles. The average Bonchev–Trinajstić information content (AvgIpc) is 2.47. The van der Waals surface area contributed by atoms with Crippen molar-refractivity contribution in [3.63, 3.8) is 0 Å². The summed E-state index contributed by atoms with van der Waals surface area (Å²) in [6, 6.07) is 13.5. The molecule has 2 aromatic rings. The molecule has 0 aliphatic rings. The smallest absolute Gasteiger partial charge is 0.306 e. The van der Waals surface area contributed by atoms with E-state index in [0.29, 0.717) is 5.69 Å². The number of carbonyl (C=O) groups excluding carboxylic acids is 1. The van der Waals surface area contributed by atoms with Gasteiger partial charge in [-0.1, -0.05) is 24.3 Å². The van der Waals surface area contributed by atoms with Gasteiger partial charge in [0, 0.05) is 0 Å². The van der Waals surface area contributed by atoms with Crippen LogP contribution >= 0.6 is 0 Å². The van der Waals surface area contributed by atoms with Crippen LogP contribution in [0.15, 0.2) is 53.4 Å². The minimum atomic E-state index is -3.96. The number of nitrogens with zero attached hydrogens (tertiary/aromatic N) is 1. The highest BCUT2D eigenvalue weighted by molar-refractivity contribution is 7.89. The van der Waals surface area contributed by atoms with Gasteiger partial charge in [-0.2, -0.15) is 5.26 Å². The first kappa shape index (κ1) is 15.5. The molecule has 22 heavy (non-hydrogen) atoms. The molecule has 4 N–H and O–H groups in total. The molecular formula is C14H12N4O3S. The monoisotopic (exact) mass is 316 g/mol. The van der Waals surface area contributed by atoms with Gasteiger partial charge in [-0.15, -0.1) is 0 Å². The van der Waals surface area contributed by atoms with Crippen molar-refractivity contribution >= 4 is 27.4 Å². The predicted octanol–water partition coefficient (Wildman–Crippen LogP) is 1.85. The van der Waals surface area contributed by atoms with E-state index in [1.165, 1.54) is 18.2 Å². The van der Waals surface area contributed by atoms with Gasteiger partial charge in [0.25, 0.3) is 0 Å².